The maximum Gasteiger partial charge on any atom is 0.127 e. The Labute approximate surface area is 122 Å². The van der Waals surface area contributed by atoms with Gasteiger partial charge in [0.2, 0.25) is 0 Å². The molecule has 0 aromatic heterocycles. The lowest BCUT2D eigenvalue weighted by Gasteiger charge is -2.18. The highest BCUT2D eigenvalue weighted by Crippen LogP contribution is 2.30. The van der Waals surface area contributed by atoms with Gasteiger partial charge in [0.1, 0.15) is 11.5 Å². The van der Waals surface area contributed by atoms with E-state index in [1.54, 1.807) is 0 Å². The van der Waals surface area contributed by atoms with E-state index in [4.69, 9.17) is 9.47 Å². The minimum absolute atomic E-state index is 0.386. The molecule has 1 saturated carbocycles. The summed E-state index contributed by atoms with van der Waals surface area (Å²) in [6.45, 7) is 6.82. The van der Waals surface area contributed by atoms with Gasteiger partial charge in [0.25, 0.3) is 0 Å². The van der Waals surface area contributed by atoms with Crippen molar-refractivity contribution in [3.05, 3.63) is 23.8 Å². The van der Waals surface area contributed by atoms with E-state index in [2.05, 4.69) is 31.3 Å². The number of rotatable bonds is 8. The monoisotopic (exact) mass is 277 g/mol. The third kappa shape index (κ3) is 4.41. The van der Waals surface area contributed by atoms with Crippen molar-refractivity contribution in [1.29, 1.82) is 0 Å². The first-order valence-corrected chi connectivity index (χ1v) is 7.96. The fourth-order valence-corrected chi connectivity index (χ4v) is 2.55. The maximum absolute atomic E-state index is 6.20. The van der Waals surface area contributed by atoms with Crippen molar-refractivity contribution in [2.24, 2.45) is 0 Å². The molecule has 112 valence electrons. The second kappa shape index (κ2) is 8.15. The molecule has 1 aromatic carbocycles. The summed E-state index contributed by atoms with van der Waals surface area (Å²) in [5, 5.41) is 3.37. The van der Waals surface area contributed by atoms with Gasteiger partial charge in [-0.2, -0.15) is 0 Å². The molecule has 0 saturated heterocycles. The van der Waals surface area contributed by atoms with Crippen molar-refractivity contribution >= 4 is 0 Å². The number of nitrogens with one attached hydrogen (secondary N) is 1. The predicted molar refractivity (Wildman–Crippen MR) is 82.5 cm³/mol. The minimum atomic E-state index is 0.386. The van der Waals surface area contributed by atoms with Crippen LogP contribution in [0.3, 0.4) is 0 Å². The average molecular weight is 277 g/mol. The Morgan fingerprint density at radius 3 is 2.70 bits per heavy atom. The van der Waals surface area contributed by atoms with Gasteiger partial charge in [0.05, 0.1) is 12.7 Å². The molecule has 0 radical (unpaired) electrons. The van der Waals surface area contributed by atoms with Crippen LogP contribution in [0, 0.1) is 0 Å². The Morgan fingerprint density at radius 2 is 2.00 bits per heavy atom. The molecule has 1 aromatic rings. The van der Waals surface area contributed by atoms with Crippen LogP contribution >= 0.6 is 0 Å². The second-order valence-electron chi connectivity index (χ2n) is 5.42. The zero-order chi connectivity index (χ0) is 14.2. The van der Waals surface area contributed by atoms with Gasteiger partial charge in [-0.15, -0.1) is 0 Å². The Bertz CT molecular complexity index is 400. The quantitative estimate of drug-likeness (QED) is 0.781. The van der Waals surface area contributed by atoms with Gasteiger partial charge in [-0.05, 0) is 44.7 Å². The van der Waals surface area contributed by atoms with Crippen LogP contribution in [-0.2, 0) is 6.54 Å². The highest BCUT2D eigenvalue weighted by Gasteiger charge is 2.18. The molecule has 2 rings (SSSR count). The van der Waals surface area contributed by atoms with E-state index in [-0.39, 0.29) is 0 Å². The lowest BCUT2D eigenvalue weighted by Crippen LogP contribution is -2.16. The summed E-state index contributed by atoms with van der Waals surface area (Å²) in [6, 6.07) is 6.22. The van der Waals surface area contributed by atoms with Crippen molar-refractivity contribution in [2.45, 2.75) is 58.6 Å². The van der Waals surface area contributed by atoms with Gasteiger partial charge in [-0.1, -0.05) is 19.9 Å². The average Bonchev–Trinajstić information content (AvgIpc) is 2.97. The van der Waals surface area contributed by atoms with Gasteiger partial charge in [0, 0.05) is 18.2 Å². The number of hydrogen-bond acceptors (Lipinski definition) is 3. The molecule has 1 aliphatic carbocycles. The molecule has 0 bridgehead atoms. The third-order valence-corrected chi connectivity index (χ3v) is 3.67. The first-order valence-electron chi connectivity index (χ1n) is 7.96. The predicted octanol–water partition coefficient (Wildman–Crippen LogP) is 3.91. The molecule has 3 heteroatoms. The molecule has 0 aliphatic heterocycles. The van der Waals surface area contributed by atoms with Crippen molar-refractivity contribution in [1.82, 2.24) is 5.32 Å². The lowest BCUT2D eigenvalue weighted by molar-refractivity contribution is 0.206. The largest absolute Gasteiger partial charge is 0.493 e. The molecule has 3 nitrogen and oxygen atoms in total. The SMILES string of the molecule is CCCOc1ccc(CNCC)c(OC2CCCC2)c1. The molecule has 1 N–H and O–H groups in total. The van der Waals surface area contributed by atoms with Crippen molar-refractivity contribution in [2.75, 3.05) is 13.2 Å². The molecular formula is C17H27NO2. The summed E-state index contributed by atoms with van der Waals surface area (Å²) in [5.41, 5.74) is 1.22. The Balaban J connectivity index is 2.08. The van der Waals surface area contributed by atoms with Crippen molar-refractivity contribution < 1.29 is 9.47 Å². The van der Waals surface area contributed by atoms with Gasteiger partial charge in [0.15, 0.2) is 0 Å². The highest BCUT2D eigenvalue weighted by atomic mass is 16.5. The topological polar surface area (TPSA) is 30.5 Å². The summed E-state index contributed by atoms with van der Waals surface area (Å²) in [7, 11) is 0. The van der Waals surface area contributed by atoms with Gasteiger partial charge in [-0.3, -0.25) is 0 Å². The summed E-state index contributed by atoms with van der Waals surface area (Å²) in [4.78, 5) is 0. The van der Waals surface area contributed by atoms with Crippen LogP contribution in [0.5, 0.6) is 11.5 Å². The summed E-state index contributed by atoms with van der Waals surface area (Å²) in [5.74, 6) is 1.91. The zero-order valence-corrected chi connectivity index (χ0v) is 12.8. The van der Waals surface area contributed by atoms with Crippen LogP contribution in [0.25, 0.3) is 0 Å². The van der Waals surface area contributed by atoms with Crippen LogP contribution < -0.4 is 14.8 Å². The van der Waals surface area contributed by atoms with E-state index >= 15 is 0 Å². The van der Waals surface area contributed by atoms with E-state index in [9.17, 15) is 0 Å². The van der Waals surface area contributed by atoms with Crippen LogP contribution in [0.2, 0.25) is 0 Å². The van der Waals surface area contributed by atoms with E-state index in [0.717, 1.165) is 37.6 Å². The fraction of sp³-hybridized carbons (Fsp3) is 0.647. The molecule has 0 unspecified atom stereocenters. The molecule has 20 heavy (non-hydrogen) atoms. The van der Waals surface area contributed by atoms with Crippen molar-refractivity contribution in [3.63, 3.8) is 0 Å². The van der Waals surface area contributed by atoms with E-state index in [1.165, 1.54) is 31.2 Å². The van der Waals surface area contributed by atoms with Crippen LogP contribution in [-0.4, -0.2) is 19.3 Å². The van der Waals surface area contributed by atoms with E-state index in [0.29, 0.717) is 6.10 Å². The molecule has 1 fully saturated rings. The van der Waals surface area contributed by atoms with Crippen molar-refractivity contribution in [3.8, 4) is 11.5 Å². The Hall–Kier alpha value is -1.22. The van der Waals surface area contributed by atoms with Gasteiger partial charge < -0.3 is 14.8 Å². The van der Waals surface area contributed by atoms with Gasteiger partial charge >= 0.3 is 0 Å². The smallest absolute Gasteiger partial charge is 0.127 e. The molecular weight excluding hydrogens is 250 g/mol. The summed E-state index contributed by atoms with van der Waals surface area (Å²) >= 11 is 0. The molecule has 0 atom stereocenters. The lowest BCUT2D eigenvalue weighted by atomic mass is 10.1. The third-order valence-electron chi connectivity index (χ3n) is 3.67. The fourth-order valence-electron chi connectivity index (χ4n) is 2.55. The number of ether oxygens (including phenoxy) is 2. The Kier molecular flexibility index (Phi) is 6.19. The molecule has 0 amide bonds. The first-order chi connectivity index (χ1) is 9.83. The number of benzene rings is 1. The zero-order valence-electron chi connectivity index (χ0n) is 12.8. The molecule has 0 spiro atoms. The highest BCUT2D eigenvalue weighted by molar-refractivity contribution is 5.41. The molecule has 0 heterocycles. The molecule has 1 aliphatic rings. The summed E-state index contributed by atoms with van der Waals surface area (Å²) in [6.07, 6.45) is 6.36. The Morgan fingerprint density at radius 1 is 1.20 bits per heavy atom. The summed E-state index contributed by atoms with van der Waals surface area (Å²) < 4.78 is 11.9. The standard InChI is InChI=1S/C17H27NO2/c1-3-11-19-16-10-9-14(13-18-4-2)17(12-16)20-15-7-5-6-8-15/h9-10,12,15,18H,3-8,11,13H2,1-2H3. The second-order valence-corrected chi connectivity index (χ2v) is 5.42. The first kappa shape index (κ1) is 15.2. The number of hydrogen-bond donors (Lipinski definition) is 1. The normalized spacial score (nSPS) is 15.5. The van der Waals surface area contributed by atoms with Crippen LogP contribution in [0.4, 0.5) is 0 Å². The van der Waals surface area contributed by atoms with E-state index < -0.39 is 0 Å². The van der Waals surface area contributed by atoms with Crippen LogP contribution in [0.1, 0.15) is 51.5 Å². The maximum atomic E-state index is 6.20. The minimum Gasteiger partial charge on any atom is -0.493 e. The van der Waals surface area contributed by atoms with E-state index in [1.807, 2.05) is 6.07 Å². The van der Waals surface area contributed by atoms with Gasteiger partial charge in [-0.25, -0.2) is 0 Å². The van der Waals surface area contributed by atoms with Crippen LogP contribution in [0.15, 0.2) is 18.2 Å².